The minimum atomic E-state index is -0.681. The van der Waals surface area contributed by atoms with E-state index in [0.717, 1.165) is 36.6 Å². The number of aliphatic hydroxyl groups is 1. The van der Waals surface area contributed by atoms with Gasteiger partial charge in [0, 0.05) is 25.1 Å². The van der Waals surface area contributed by atoms with Crippen molar-refractivity contribution >= 4 is 5.97 Å². The quantitative estimate of drug-likeness (QED) is 0.455. The van der Waals surface area contributed by atoms with Gasteiger partial charge in [-0.05, 0) is 74.9 Å². The van der Waals surface area contributed by atoms with E-state index in [9.17, 15) is 18.7 Å². The molecule has 3 rings (SSSR count). The Bertz CT molecular complexity index is 918. The van der Waals surface area contributed by atoms with Crippen LogP contribution >= 0.6 is 0 Å². The highest BCUT2D eigenvalue weighted by atomic mass is 19.1. The predicted octanol–water partition coefficient (Wildman–Crippen LogP) is 4.61. The SMILES string of the molecule is CCOC(=O)CCc1ccccc1[C@@H](C)OC[C@H](O)CN1CCC[C@H]1Cc1cc(F)cc(F)c1. The maximum Gasteiger partial charge on any atom is 0.306 e. The highest BCUT2D eigenvalue weighted by molar-refractivity contribution is 5.69. The van der Waals surface area contributed by atoms with Gasteiger partial charge in [0.1, 0.15) is 11.6 Å². The molecule has 2 aromatic carbocycles. The Kier molecular flexibility index (Phi) is 9.99. The lowest BCUT2D eigenvalue weighted by Gasteiger charge is -2.27. The average molecular weight is 476 g/mol. The molecule has 0 unspecified atom stereocenters. The van der Waals surface area contributed by atoms with Crippen LogP contribution in [0.15, 0.2) is 42.5 Å². The van der Waals surface area contributed by atoms with Gasteiger partial charge in [-0.2, -0.15) is 0 Å². The van der Waals surface area contributed by atoms with Crippen LogP contribution in [-0.2, 0) is 27.1 Å². The van der Waals surface area contributed by atoms with E-state index < -0.39 is 17.7 Å². The Morgan fingerprint density at radius 1 is 1.21 bits per heavy atom. The van der Waals surface area contributed by atoms with Crippen molar-refractivity contribution in [1.82, 2.24) is 4.90 Å². The molecule has 34 heavy (non-hydrogen) atoms. The summed E-state index contributed by atoms with van der Waals surface area (Å²) in [6.07, 6.45) is 2.42. The third kappa shape index (κ3) is 7.86. The van der Waals surface area contributed by atoms with E-state index in [2.05, 4.69) is 4.90 Å². The van der Waals surface area contributed by atoms with Crippen LogP contribution < -0.4 is 0 Å². The van der Waals surface area contributed by atoms with E-state index in [1.807, 2.05) is 31.2 Å². The summed E-state index contributed by atoms with van der Waals surface area (Å²) in [5.74, 6) is -1.35. The second-order valence-corrected chi connectivity index (χ2v) is 8.91. The summed E-state index contributed by atoms with van der Waals surface area (Å²) in [6, 6.07) is 11.6. The summed E-state index contributed by atoms with van der Waals surface area (Å²) in [6.45, 7) is 5.55. The molecule has 0 bridgehead atoms. The molecule has 0 radical (unpaired) electrons. The lowest BCUT2D eigenvalue weighted by molar-refractivity contribution is -0.143. The van der Waals surface area contributed by atoms with Crippen molar-refractivity contribution in [3.63, 3.8) is 0 Å². The summed E-state index contributed by atoms with van der Waals surface area (Å²) in [5, 5.41) is 10.6. The fourth-order valence-electron chi connectivity index (χ4n) is 4.66. The first-order valence-electron chi connectivity index (χ1n) is 12.1. The van der Waals surface area contributed by atoms with Gasteiger partial charge in [0.25, 0.3) is 0 Å². The number of hydrogen-bond acceptors (Lipinski definition) is 5. The molecule has 1 aliphatic rings. The van der Waals surface area contributed by atoms with Gasteiger partial charge < -0.3 is 14.6 Å². The Hall–Kier alpha value is -2.35. The highest BCUT2D eigenvalue weighted by Crippen LogP contribution is 2.25. The number of benzene rings is 2. The van der Waals surface area contributed by atoms with Gasteiger partial charge in [0.15, 0.2) is 0 Å². The lowest BCUT2D eigenvalue weighted by Crippen LogP contribution is -2.39. The van der Waals surface area contributed by atoms with Gasteiger partial charge in [0.05, 0.1) is 25.4 Å². The van der Waals surface area contributed by atoms with Crippen molar-refractivity contribution < 1.29 is 28.2 Å². The second kappa shape index (κ2) is 12.9. The number of β-amino-alcohol motifs (C(OH)–C–C–N with tert-alkyl or cyclic N) is 1. The number of ether oxygens (including phenoxy) is 2. The molecule has 0 saturated carbocycles. The number of halogens is 2. The number of hydrogen-bond donors (Lipinski definition) is 1. The van der Waals surface area contributed by atoms with Gasteiger partial charge in [0.2, 0.25) is 0 Å². The molecule has 0 aromatic heterocycles. The number of carbonyl (C=O) groups is 1. The lowest BCUT2D eigenvalue weighted by atomic mass is 9.99. The molecule has 0 amide bonds. The first kappa shape index (κ1) is 26.3. The van der Waals surface area contributed by atoms with Crippen LogP contribution in [0.25, 0.3) is 0 Å². The maximum absolute atomic E-state index is 13.5. The zero-order valence-electron chi connectivity index (χ0n) is 20.0. The minimum absolute atomic E-state index is 0.136. The van der Waals surface area contributed by atoms with E-state index in [1.54, 1.807) is 6.92 Å². The van der Waals surface area contributed by atoms with E-state index >= 15 is 0 Å². The summed E-state index contributed by atoms with van der Waals surface area (Å²) >= 11 is 0. The van der Waals surface area contributed by atoms with Crippen molar-refractivity contribution in [3.05, 3.63) is 70.8 Å². The van der Waals surface area contributed by atoms with Crippen LogP contribution in [0.2, 0.25) is 0 Å². The summed E-state index contributed by atoms with van der Waals surface area (Å²) in [5.41, 5.74) is 2.65. The zero-order chi connectivity index (χ0) is 24.5. The summed E-state index contributed by atoms with van der Waals surface area (Å²) < 4.78 is 38.1. The standard InChI is InChI=1S/C27H35F2NO4/c1-3-33-27(32)11-10-21-7-4-5-9-26(21)19(2)34-18-25(31)17-30-12-6-8-24(30)15-20-13-22(28)16-23(29)14-20/h4-5,7,9,13-14,16,19,24-25,31H,3,6,8,10-12,15,17-18H2,1-2H3/t19-,24+,25-/m1/s1. The Labute approximate surface area is 200 Å². The normalized spacial score (nSPS) is 18.1. The average Bonchev–Trinajstić information content (AvgIpc) is 3.22. The third-order valence-electron chi connectivity index (χ3n) is 6.27. The van der Waals surface area contributed by atoms with E-state index in [1.165, 1.54) is 12.1 Å². The van der Waals surface area contributed by atoms with Gasteiger partial charge in [-0.15, -0.1) is 0 Å². The monoisotopic (exact) mass is 475 g/mol. The molecule has 3 atom stereocenters. The van der Waals surface area contributed by atoms with Crippen molar-refractivity contribution in [3.8, 4) is 0 Å². The molecule has 7 heteroatoms. The van der Waals surface area contributed by atoms with E-state index in [4.69, 9.17) is 9.47 Å². The number of carbonyl (C=O) groups excluding carboxylic acids is 1. The number of aliphatic hydroxyl groups excluding tert-OH is 1. The van der Waals surface area contributed by atoms with E-state index in [0.29, 0.717) is 38.0 Å². The molecule has 5 nitrogen and oxygen atoms in total. The van der Waals surface area contributed by atoms with Crippen molar-refractivity contribution in [2.75, 3.05) is 26.3 Å². The topological polar surface area (TPSA) is 59.0 Å². The van der Waals surface area contributed by atoms with Crippen LogP contribution in [0.5, 0.6) is 0 Å². The number of aryl methyl sites for hydroxylation is 1. The Morgan fingerprint density at radius 3 is 2.68 bits per heavy atom. The summed E-state index contributed by atoms with van der Waals surface area (Å²) in [4.78, 5) is 13.9. The Balaban J connectivity index is 1.50. The van der Waals surface area contributed by atoms with Crippen LogP contribution in [0.4, 0.5) is 8.78 Å². The first-order chi connectivity index (χ1) is 16.4. The number of rotatable bonds is 12. The van der Waals surface area contributed by atoms with Gasteiger partial charge in [-0.3, -0.25) is 9.69 Å². The van der Waals surface area contributed by atoms with Gasteiger partial charge >= 0.3 is 5.97 Å². The fourth-order valence-corrected chi connectivity index (χ4v) is 4.66. The van der Waals surface area contributed by atoms with Crippen molar-refractivity contribution in [2.45, 2.75) is 64.2 Å². The van der Waals surface area contributed by atoms with Crippen LogP contribution in [0, 0.1) is 11.6 Å². The largest absolute Gasteiger partial charge is 0.466 e. The molecule has 0 spiro atoms. The maximum atomic E-state index is 13.5. The number of likely N-dealkylation sites (tertiary alicyclic amines) is 1. The zero-order valence-corrected chi connectivity index (χ0v) is 20.0. The molecule has 0 aliphatic carbocycles. The van der Waals surface area contributed by atoms with Crippen molar-refractivity contribution in [2.24, 2.45) is 0 Å². The van der Waals surface area contributed by atoms with Crippen LogP contribution in [0.1, 0.15) is 55.9 Å². The minimum Gasteiger partial charge on any atom is -0.466 e. The molecule has 1 N–H and O–H groups in total. The number of esters is 1. The fraction of sp³-hybridized carbons (Fsp3) is 0.519. The molecule has 1 aliphatic heterocycles. The third-order valence-corrected chi connectivity index (χ3v) is 6.27. The molecule has 1 fully saturated rings. The number of nitrogens with zero attached hydrogens (tertiary/aromatic N) is 1. The predicted molar refractivity (Wildman–Crippen MR) is 126 cm³/mol. The first-order valence-corrected chi connectivity index (χ1v) is 12.1. The van der Waals surface area contributed by atoms with Crippen LogP contribution in [-0.4, -0.2) is 54.4 Å². The molecule has 1 saturated heterocycles. The smallest absolute Gasteiger partial charge is 0.306 e. The highest BCUT2D eigenvalue weighted by Gasteiger charge is 2.27. The molecule has 2 aromatic rings. The van der Waals surface area contributed by atoms with Gasteiger partial charge in [-0.1, -0.05) is 24.3 Å². The molecule has 1 heterocycles. The second-order valence-electron chi connectivity index (χ2n) is 8.91. The van der Waals surface area contributed by atoms with E-state index in [-0.39, 0.29) is 24.7 Å². The summed E-state index contributed by atoms with van der Waals surface area (Å²) in [7, 11) is 0. The molecular formula is C27H35F2NO4. The molecule has 186 valence electrons. The van der Waals surface area contributed by atoms with Crippen LogP contribution in [0.3, 0.4) is 0 Å². The Morgan fingerprint density at radius 2 is 1.94 bits per heavy atom. The van der Waals surface area contributed by atoms with Crippen molar-refractivity contribution in [1.29, 1.82) is 0 Å². The molecular weight excluding hydrogens is 440 g/mol. The van der Waals surface area contributed by atoms with Gasteiger partial charge in [-0.25, -0.2) is 8.78 Å².